The Bertz CT molecular complexity index is 493. The highest BCUT2D eigenvalue weighted by Crippen LogP contribution is 2.21. The summed E-state index contributed by atoms with van der Waals surface area (Å²) in [4.78, 5) is 0.0682. The molecule has 3 atom stereocenters. The summed E-state index contributed by atoms with van der Waals surface area (Å²) in [6.45, 7) is 4.24. The van der Waals surface area contributed by atoms with Crippen molar-refractivity contribution in [1.82, 2.24) is 5.32 Å². The van der Waals surface area contributed by atoms with Gasteiger partial charge >= 0.3 is 0 Å². The van der Waals surface area contributed by atoms with Crippen LogP contribution in [0.15, 0.2) is 23.1 Å². The maximum absolute atomic E-state index is 13.7. The SMILES string of the molecule is CCCNC(CS(=O)c1ccc(F)cc1F)C1CCOC1. The van der Waals surface area contributed by atoms with Crippen LogP contribution in [0, 0.1) is 17.6 Å². The van der Waals surface area contributed by atoms with Crippen molar-refractivity contribution >= 4 is 10.8 Å². The Labute approximate surface area is 126 Å². The fourth-order valence-corrected chi connectivity index (χ4v) is 3.87. The number of benzene rings is 1. The molecule has 0 bridgehead atoms. The molecular weight excluding hydrogens is 296 g/mol. The molecule has 3 unspecified atom stereocenters. The van der Waals surface area contributed by atoms with Crippen LogP contribution in [0.5, 0.6) is 0 Å². The molecule has 0 amide bonds. The van der Waals surface area contributed by atoms with Crippen LogP contribution in [0.25, 0.3) is 0 Å². The first-order valence-corrected chi connectivity index (χ1v) is 8.58. The Balaban J connectivity index is 2.05. The second-order valence-electron chi connectivity index (χ2n) is 5.27. The quantitative estimate of drug-likeness (QED) is 0.839. The zero-order valence-corrected chi connectivity index (χ0v) is 12.9. The first-order valence-electron chi connectivity index (χ1n) is 7.26. The number of rotatable bonds is 7. The van der Waals surface area contributed by atoms with Crippen molar-refractivity contribution in [3.05, 3.63) is 29.8 Å². The van der Waals surface area contributed by atoms with Gasteiger partial charge in [0.15, 0.2) is 0 Å². The van der Waals surface area contributed by atoms with Crippen molar-refractivity contribution in [2.24, 2.45) is 5.92 Å². The Kier molecular flexibility index (Phi) is 6.26. The average molecular weight is 317 g/mol. The Morgan fingerprint density at radius 2 is 2.29 bits per heavy atom. The molecule has 118 valence electrons. The maximum Gasteiger partial charge on any atom is 0.142 e. The number of halogens is 2. The first-order chi connectivity index (χ1) is 10.1. The third-order valence-corrected chi connectivity index (χ3v) is 5.14. The van der Waals surface area contributed by atoms with Gasteiger partial charge in [-0.25, -0.2) is 8.78 Å². The lowest BCUT2D eigenvalue weighted by atomic mass is 10.0. The van der Waals surface area contributed by atoms with E-state index in [0.717, 1.165) is 31.5 Å². The van der Waals surface area contributed by atoms with Crippen LogP contribution < -0.4 is 5.32 Å². The van der Waals surface area contributed by atoms with Gasteiger partial charge in [0.25, 0.3) is 0 Å². The van der Waals surface area contributed by atoms with Crippen LogP contribution in [0.3, 0.4) is 0 Å². The van der Waals surface area contributed by atoms with Crippen LogP contribution in [0.4, 0.5) is 8.78 Å². The first kappa shape index (κ1) is 16.5. The standard InChI is InChI=1S/C15H21F2NO2S/c1-2-6-18-14(11-5-7-20-9-11)10-21(19)15-4-3-12(16)8-13(15)17/h3-4,8,11,14,18H,2,5-7,9-10H2,1H3. The van der Waals surface area contributed by atoms with Gasteiger partial charge < -0.3 is 10.1 Å². The maximum atomic E-state index is 13.7. The van der Waals surface area contributed by atoms with E-state index in [1.54, 1.807) is 0 Å². The minimum Gasteiger partial charge on any atom is -0.381 e. The summed E-state index contributed by atoms with van der Waals surface area (Å²) >= 11 is 0. The number of hydrogen-bond acceptors (Lipinski definition) is 3. The third kappa shape index (κ3) is 4.56. The van der Waals surface area contributed by atoms with Crippen LogP contribution >= 0.6 is 0 Å². The summed E-state index contributed by atoms with van der Waals surface area (Å²) in [5.74, 6) is -0.788. The van der Waals surface area contributed by atoms with E-state index in [9.17, 15) is 13.0 Å². The molecule has 1 aliphatic heterocycles. The number of ether oxygens (including phenoxy) is 1. The van der Waals surface area contributed by atoms with E-state index in [-0.39, 0.29) is 10.9 Å². The second-order valence-corrected chi connectivity index (χ2v) is 6.74. The molecular formula is C15H21F2NO2S. The smallest absolute Gasteiger partial charge is 0.142 e. The molecule has 0 spiro atoms. The van der Waals surface area contributed by atoms with E-state index in [1.807, 2.05) is 0 Å². The zero-order valence-electron chi connectivity index (χ0n) is 12.1. The molecule has 1 aromatic rings. The van der Waals surface area contributed by atoms with Gasteiger partial charge in [0.05, 0.1) is 22.3 Å². The fraction of sp³-hybridized carbons (Fsp3) is 0.600. The predicted octanol–water partition coefficient (Wildman–Crippen LogP) is 2.48. The summed E-state index contributed by atoms with van der Waals surface area (Å²) in [7, 11) is -1.49. The minimum atomic E-state index is -1.49. The van der Waals surface area contributed by atoms with E-state index < -0.39 is 22.4 Å². The van der Waals surface area contributed by atoms with Crippen LogP contribution in [0.2, 0.25) is 0 Å². The molecule has 0 saturated carbocycles. The Morgan fingerprint density at radius 1 is 1.48 bits per heavy atom. The Morgan fingerprint density at radius 3 is 2.90 bits per heavy atom. The van der Waals surface area contributed by atoms with Crippen LogP contribution in [-0.4, -0.2) is 35.8 Å². The van der Waals surface area contributed by atoms with E-state index in [2.05, 4.69) is 12.2 Å². The lowest BCUT2D eigenvalue weighted by molar-refractivity contribution is 0.179. The van der Waals surface area contributed by atoms with Gasteiger partial charge in [0.2, 0.25) is 0 Å². The molecule has 6 heteroatoms. The van der Waals surface area contributed by atoms with Crippen LogP contribution in [-0.2, 0) is 15.5 Å². The molecule has 1 heterocycles. The van der Waals surface area contributed by atoms with Gasteiger partial charge in [-0.05, 0) is 31.5 Å². The van der Waals surface area contributed by atoms with E-state index >= 15 is 0 Å². The average Bonchev–Trinajstić information content (AvgIpc) is 2.97. The second kappa shape index (κ2) is 7.96. The number of hydrogen-bond donors (Lipinski definition) is 1. The summed E-state index contributed by atoms with van der Waals surface area (Å²) < 4.78 is 44.4. The van der Waals surface area contributed by atoms with Crippen molar-refractivity contribution < 1.29 is 17.7 Å². The molecule has 21 heavy (non-hydrogen) atoms. The Hall–Kier alpha value is -0.850. The molecule has 1 aromatic carbocycles. The highest BCUT2D eigenvalue weighted by Gasteiger charge is 2.27. The summed E-state index contributed by atoms with van der Waals surface area (Å²) in [5.41, 5.74) is 0. The largest absolute Gasteiger partial charge is 0.381 e. The topological polar surface area (TPSA) is 38.3 Å². The van der Waals surface area contributed by atoms with Crippen molar-refractivity contribution in [2.45, 2.75) is 30.7 Å². The zero-order chi connectivity index (χ0) is 15.2. The summed E-state index contributed by atoms with van der Waals surface area (Å²) in [6, 6.07) is 3.21. The summed E-state index contributed by atoms with van der Waals surface area (Å²) in [6.07, 6.45) is 1.89. The van der Waals surface area contributed by atoms with Gasteiger partial charge in [-0.2, -0.15) is 0 Å². The monoisotopic (exact) mass is 317 g/mol. The molecule has 0 aromatic heterocycles. The van der Waals surface area contributed by atoms with Crippen molar-refractivity contribution in [3.8, 4) is 0 Å². The van der Waals surface area contributed by atoms with Gasteiger partial charge in [-0.3, -0.25) is 4.21 Å². The highest BCUT2D eigenvalue weighted by atomic mass is 32.2. The lowest BCUT2D eigenvalue weighted by Gasteiger charge is -2.23. The van der Waals surface area contributed by atoms with Crippen molar-refractivity contribution in [1.29, 1.82) is 0 Å². The van der Waals surface area contributed by atoms with E-state index in [0.29, 0.717) is 24.9 Å². The molecule has 0 aliphatic carbocycles. The number of nitrogens with one attached hydrogen (secondary N) is 1. The molecule has 0 radical (unpaired) electrons. The molecule has 3 nitrogen and oxygen atoms in total. The lowest BCUT2D eigenvalue weighted by Crippen LogP contribution is -2.41. The minimum absolute atomic E-state index is 0.0257. The van der Waals surface area contributed by atoms with Gasteiger partial charge in [-0.1, -0.05) is 6.92 Å². The summed E-state index contributed by atoms with van der Waals surface area (Å²) in [5, 5.41) is 3.37. The highest BCUT2D eigenvalue weighted by molar-refractivity contribution is 7.85. The predicted molar refractivity (Wildman–Crippen MR) is 78.6 cm³/mol. The van der Waals surface area contributed by atoms with E-state index in [4.69, 9.17) is 4.74 Å². The molecule has 1 N–H and O–H groups in total. The van der Waals surface area contributed by atoms with Crippen LogP contribution in [0.1, 0.15) is 19.8 Å². The fourth-order valence-electron chi connectivity index (χ4n) is 2.47. The van der Waals surface area contributed by atoms with Crippen molar-refractivity contribution in [2.75, 3.05) is 25.5 Å². The molecule has 1 fully saturated rings. The van der Waals surface area contributed by atoms with E-state index in [1.165, 1.54) is 6.07 Å². The molecule has 1 saturated heterocycles. The van der Waals surface area contributed by atoms with Gasteiger partial charge in [0, 0.05) is 30.4 Å². The third-order valence-electron chi connectivity index (χ3n) is 3.66. The molecule has 1 aliphatic rings. The van der Waals surface area contributed by atoms with Crippen molar-refractivity contribution in [3.63, 3.8) is 0 Å². The van der Waals surface area contributed by atoms with Gasteiger partial charge in [0.1, 0.15) is 11.6 Å². The normalized spacial score (nSPS) is 21.4. The molecule has 2 rings (SSSR count). The van der Waals surface area contributed by atoms with Gasteiger partial charge in [-0.15, -0.1) is 0 Å².